The number of methoxy groups -OCH3 is 1. The van der Waals surface area contributed by atoms with Gasteiger partial charge in [0.2, 0.25) is 5.75 Å². The number of aromatic hydroxyl groups is 3. The molecule has 1 aliphatic rings. The van der Waals surface area contributed by atoms with Gasteiger partial charge in [0, 0.05) is 17.5 Å². The number of hydrogen-bond donors (Lipinski definition) is 3. The van der Waals surface area contributed by atoms with Gasteiger partial charge in [-0.2, -0.15) is 0 Å². The number of phenols is 3. The number of rotatable bonds is 2. The topological polar surface area (TPSA) is 79.2 Å². The van der Waals surface area contributed by atoms with Crippen LogP contribution in [0.2, 0.25) is 0 Å². The van der Waals surface area contributed by atoms with Gasteiger partial charge in [0.15, 0.2) is 11.5 Å². The monoisotopic (exact) mass is 288 g/mol. The average molecular weight is 288 g/mol. The first-order chi connectivity index (χ1) is 10.1. The molecule has 1 aliphatic heterocycles. The second kappa shape index (κ2) is 5.09. The smallest absolute Gasteiger partial charge is 0.200 e. The van der Waals surface area contributed by atoms with E-state index in [4.69, 9.17) is 9.47 Å². The molecule has 3 rings (SSSR count). The van der Waals surface area contributed by atoms with Crippen LogP contribution in [0, 0.1) is 0 Å². The summed E-state index contributed by atoms with van der Waals surface area (Å²) in [6.45, 7) is 0.414. The van der Waals surface area contributed by atoms with Crippen molar-refractivity contribution in [2.45, 2.75) is 12.3 Å². The first kappa shape index (κ1) is 13.4. The predicted molar refractivity (Wildman–Crippen MR) is 76.4 cm³/mol. The van der Waals surface area contributed by atoms with Gasteiger partial charge in [0.25, 0.3) is 0 Å². The second-order valence-corrected chi connectivity index (χ2v) is 5.06. The molecule has 0 amide bonds. The van der Waals surface area contributed by atoms with Gasteiger partial charge in [0.1, 0.15) is 11.5 Å². The molecule has 0 saturated carbocycles. The normalized spacial score (nSPS) is 16.9. The van der Waals surface area contributed by atoms with Crippen LogP contribution in [0.4, 0.5) is 0 Å². The van der Waals surface area contributed by atoms with E-state index >= 15 is 0 Å². The second-order valence-electron chi connectivity index (χ2n) is 5.06. The summed E-state index contributed by atoms with van der Waals surface area (Å²) in [7, 11) is 1.45. The molecule has 0 spiro atoms. The van der Waals surface area contributed by atoms with Crippen LogP contribution in [-0.2, 0) is 6.42 Å². The highest BCUT2D eigenvalue weighted by Crippen LogP contribution is 2.44. The van der Waals surface area contributed by atoms with Crippen molar-refractivity contribution in [2.24, 2.45) is 0 Å². The molecule has 1 unspecified atom stereocenters. The van der Waals surface area contributed by atoms with Crippen molar-refractivity contribution in [1.29, 1.82) is 0 Å². The third-order valence-electron chi connectivity index (χ3n) is 3.74. The minimum Gasteiger partial charge on any atom is -0.508 e. The zero-order chi connectivity index (χ0) is 15.0. The van der Waals surface area contributed by atoms with Crippen LogP contribution in [0.25, 0.3) is 0 Å². The van der Waals surface area contributed by atoms with Crippen molar-refractivity contribution in [3.63, 3.8) is 0 Å². The number of ether oxygens (including phenoxy) is 2. The summed E-state index contributed by atoms with van der Waals surface area (Å²) in [4.78, 5) is 0. The van der Waals surface area contributed by atoms with E-state index in [0.717, 1.165) is 11.1 Å². The van der Waals surface area contributed by atoms with Gasteiger partial charge in [0.05, 0.1) is 13.7 Å². The van der Waals surface area contributed by atoms with Crippen LogP contribution in [0.3, 0.4) is 0 Å². The maximum Gasteiger partial charge on any atom is 0.200 e. The highest BCUT2D eigenvalue weighted by molar-refractivity contribution is 5.56. The first-order valence-corrected chi connectivity index (χ1v) is 6.63. The summed E-state index contributed by atoms with van der Waals surface area (Å²) < 4.78 is 10.9. The summed E-state index contributed by atoms with van der Waals surface area (Å²) in [5, 5.41) is 28.9. The fourth-order valence-corrected chi connectivity index (χ4v) is 2.67. The molecule has 0 aromatic heterocycles. The molecule has 0 fully saturated rings. The summed E-state index contributed by atoms with van der Waals surface area (Å²) >= 11 is 0. The van der Waals surface area contributed by atoms with Crippen LogP contribution in [0.5, 0.6) is 28.7 Å². The molecule has 2 aromatic rings. The summed E-state index contributed by atoms with van der Waals surface area (Å²) in [5.74, 6) is 0.652. The Kier molecular flexibility index (Phi) is 3.25. The number of benzene rings is 2. The van der Waals surface area contributed by atoms with Crippen molar-refractivity contribution in [2.75, 3.05) is 13.7 Å². The molecule has 1 heterocycles. The Balaban J connectivity index is 1.96. The van der Waals surface area contributed by atoms with Crippen molar-refractivity contribution in [3.05, 3.63) is 41.5 Å². The van der Waals surface area contributed by atoms with Crippen molar-refractivity contribution >= 4 is 0 Å². The van der Waals surface area contributed by atoms with Crippen LogP contribution in [-0.4, -0.2) is 29.0 Å². The maximum absolute atomic E-state index is 9.89. The predicted octanol–water partition coefficient (Wildman–Crippen LogP) is 2.53. The van der Waals surface area contributed by atoms with Gasteiger partial charge in [-0.25, -0.2) is 0 Å². The van der Waals surface area contributed by atoms with Crippen molar-refractivity contribution in [3.8, 4) is 28.7 Å². The molecule has 5 nitrogen and oxygen atoms in total. The molecular weight excluding hydrogens is 272 g/mol. The Morgan fingerprint density at radius 2 is 1.95 bits per heavy atom. The van der Waals surface area contributed by atoms with E-state index < -0.39 is 0 Å². The van der Waals surface area contributed by atoms with Crippen LogP contribution < -0.4 is 9.47 Å². The lowest BCUT2D eigenvalue weighted by Gasteiger charge is -2.27. The Morgan fingerprint density at radius 3 is 2.71 bits per heavy atom. The van der Waals surface area contributed by atoms with Gasteiger partial charge < -0.3 is 24.8 Å². The molecule has 21 heavy (non-hydrogen) atoms. The molecule has 110 valence electrons. The summed E-state index contributed by atoms with van der Waals surface area (Å²) in [5.41, 5.74) is 1.77. The highest BCUT2D eigenvalue weighted by atomic mass is 16.5. The zero-order valence-electron chi connectivity index (χ0n) is 11.5. The van der Waals surface area contributed by atoms with Gasteiger partial charge >= 0.3 is 0 Å². The van der Waals surface area contributed by atoms with E-state index in [1.807, 2.05) is 6.07 Å². The van der Waals surface area contributed by atoms with E-state index in [1.165, 1.54) is 13.2 Å². The molecule has 2 aromatic carbocycles. The number of fused-ring (bicyclic) bond motifs is 1. The standard InChI is InChI=1S/C16H16O5/c1-20-16-12(4-5-13(18)15(16)19)10-6-9-2-3-11(17)7-14(9)21-8-10/h2-5,7,10,17-19H,6,8H2,1H3. The summed E-state index contributed by atoms with van der Waals surface area (Å²) in [6.07, 6.45) is 0.705. The fourth-order valence-electron chi connectivity index (χ4n) is 2.67. The largest absolute Gasteiger partial charge is 0.508 e. The lowest BCUT2D eigenvalue weighted by molar-refractivity contribution is 0.256. The molecule has 0 saturated heterocycles. The zero-order valence-corrected chi connectivity index (χ0v) is 11.5. The molecular formula is C16H16O5. The van der Waals surface area contributed by atoms with Gasteiger partial charge in [-0.05, 0) is 24.1 Å². The Bertz CT molecular complexity index is 681. The Hall–Kier alpha value is -2.56. The van der Waals surface area contributed by atoms with E-state index in [2.05, 4.69) is 0 Å². The van der Waals surface area contributed by atoms with Gasteiger partial charge in [-0.3, -0.25) is 0 Å². The van der Waals surface area contributed by atoms with Gasteiger partial charge in [-0.15, -0.1) is 0 Å². The SMILES string of the molecule is COc1c(C2COc3cc(O)ccc3C2)ccc(O)c1O. The van der Waals surface area contributed by atoms with E-state index in [9.17, 15) is 15.3 Å². The fraction of sp³-hybridized carbons (Fsp3) is 0.250. The van der Waals surface area contributed by atoms with E-state index in [1.54, 1.807) is 18.2 Å². The van der Waals surface area contributed by atoms with E-state index in [0.29, 0.717) is 18.8 Å². The average Bonchev–Trinajstić information content (AvgIpc) is 2.49. The third-order valence-corrected chi connectivity index (χ3v) is 3.74. The van der Waals surface area contributed by atoms with Crippen LogP contribution >= 0.6 is 0 Å². The maximum atomic E-state index is 9.89. The molecule has 0 aliphatic carbocycles. The Morgan fingerprint density at radius 1 is 1.14 bits per heavy atom. The van der Waals surface area contributed by atoms with E-state index in [-0.39, 0.29) is 28.9 Å². The lowest BCUT2D eigenvalue weighted by Crippen LogP contribution is -2.19. The highest BCUT2D eigenvalue weighted by Gasteiger charge is 2.26. The molecule has 0 bridgehead atoms. The van der Waals surface area contributed by atoms with Crippen molar-refractivity contribution in [1.82, 2.24) is 0 Å². The molecule has 5 heteroatoms. The third kappa shape index (κ3) is 2.31. The number of phenolic OH excluding ortho intramolecular Hbond substituents is 3. The number of hydrogen-bond acceptors (Lipinski definition) is 5. The van der Waals surface area contributed by atoms with Gasteiger partial charge in [-0.1, -0.05) is 12.1 Å². The molecule has 3 N–H and O–H groups in total. The first-order valence-electron chi connectivity index (χ1n) is 6.63. The van der Waals surface area contributed by atoms with Crippen LogP contribution in [0.1, 0.15) is 17.0 Å². The molecule has 1 atom stereocenters. The quantitative estimate of drug-likeness (QED) is 0.740. The lowest BCUT2D eigenvalue weighted by atomic mass is 9.89. The Labute approximate surface area is 122 Å². The van der Waals surface area contributed by atoms with Crippen LogP contribution in [0.15, 0.2) is 30.3 Å². The van der Waals surface area contributed by atoms with Crippen molar-refractivity contribution < 1.29 is 24.8 Å². The minimum absolute atomic E-state index is 0.00323. The molecule has 0 radical (unpaired) electrons. The summed E-state index contributed by atoms with van der Waals surface area (Å²) in [6, 6.07) is 8.21. The minimum atomic E-state index is -0.258.